The van der Waals surface area contributed by atoms with Crippen molar-refractivity contribution < 1.29 is 14.3 Å². The van der Waals surface area contributed by atoms with Crippen molar-refractivity contribution in [3.05, 3.63) is 52.3 Å². The first-order valence-electron chi connectivity index (χ1n) is 5.95. The number of aromatic nitrogens is 1. The zero-order chi connectivity index (χ0) is 14.3. The maximum atomic E-state index is 11.0. The van der Waals surface area contributed by atoms with Crippen LogP contribution in [-0.4, -0.2) is 16.1 Å². The number of halogens is 1. The second kappa shape index (κ2) is 4.76. The Labute approximate surface area is 123 Å². The molecule has 0 spiro atoms. The van der Waals surface area contributed by atoms with Crippen molar-refractivity contribution in [2.24, 2.45) is 0 Å². The van der Waals surface area contributed by atoms with Gasteiger partial charge in [-0.05, 0) is 42.0 Å². The first-order chi connectivity index (χ1) is 9.54. The van der Waals surface area contributed by atoms with E-state index in [0.29, 0.717) is 11.6 Å². The highest BCUT2D eigenvalue weighted by molar-refractivity contribution is 9.10. The molecule has 0 aliphatic rings. The highest BCUT2D eigenvalue weighted by Crippen LogP contribution is 2.27. The lowest BCUT2D eigenvalue weighted by Gasteiger charge is -2.01. The van der Waals surface area contributed by atoms with Crippen molar-refractivity contribution in [3.8, 4) is 11.5 Å². The summed E-state index contributed by atoms with van der Waals surface area (Å²) in [5.74, 6) is -0.897. The molecular formula is C15H10BrNO3. The Morgan fingerprint density at radius 3 is 2.60 bits per heavy atom. The average Bonchev–Trinajstić information content (AvgIpc) is 2.80. The summed E-state index contributed by atoms with van der Waals surface area (Å²) < 4.78 is 6.33. The van der Waals surface area contributed by atoms with Crippen LogP contribution in [0.5, 0.6) is 0 Å². The number of benzene rings is 2. The first-order valence-corrected chi connectivity index (χ1v) is 6.74. The Hall–Kier alpha value is -2.14. The zero-order valence-corrected chi connectivity index (χ0v) is 12.1. The van der Waals surface area contributed by atoms with Crippen molar-refractivity contribution in [3.63, 3.8) is 0 Å². The van der Waals surface area contributed by atoms with Crippen molar-refractivity contribution >= 4 is 32.7 Å². The summed E-state index contributed by atoms with van der Waals surface area (Å²) in [4.78, 5) is 15.1. The average molecular weight is 332 g/mol. The number of nitrogens with zero attached hydrogens (tertiary/aromatic N) is 1. The van der Waals surface area contributed by atoms with Gasteiger partial charge in [-0.2, -0.15) is 0 Å². The van der Waals surface area contributed by atoms with Gasteiger partial charge in [0.05, 0.1) is 5.69 Å². The topological polar surface area (TPSA) is 63.3 Å². The van der Waals surface area contributed by atoms with Gasteiger partial charge in [-0.15, -0.1) is 0 Å². The summed E-state index contributed by atoms with van der Waals surface area (Å²) in [6.07, 6.45) is 0. The van der Waals surface area contributed by atoms with Crippen LogP contribution < -0.4 is 0 Å². The number of hydrogen-bond donors (Lipinski definition) is 1. The van der Waals surface area contributed by atoms with Crippen LogP contribution in [0, 0.1) is 6.92 Å². The summed E-state index contributed by atoms with van der Waals surface area (Å²) in [5.41, 5.74) is 1.14. The van der Waals surface area contributed by atoms with Crippen molar-refractivity contribution in [2.45, 2.75) is 6.92 Å². The summed E-state index contributed by atoms with van der Waals surface area (Å²) in [5, 5.41) is 11.1. The minimum Gasteiger partial charge on any atom is -0.475 e. The molecule has 0 radical (unpaired) electrons. The molecule has 0 saturated heterocycles. The molecule has 5 heteroatoms. The highest BCUT2D eigenvalue weighted by Gasteiger charge is 2.17. The zero-order valence-electron chi connectivity index (χ0n) is 10.6. The number of carboxylic acid groups (broad SMARTS) is 1. The molecule has 0 atom stereocenters. The van der Waals surface area contributed by atoms with Crippen LogP contribution in [0.2, 0.25) is 0 Å². The molecule has 0 amide bonds. The standard InChI is InChI=1S/C15H10BrNO3/c1-8-13(15(18)19)20-14(17-8)11-3-2-10-7-12(16)5-4-9(10)6-11/h2-7H,1H3,(H,18,19). The van der Waals surface area contributed by atoms with E-state index in [-0.39, 0.29) is 5.76 Å². The van der Waals surface area contributed by atoms with E-state index in [0.717, 1.165) is 20.8 Å². The third-order valence-corrected chi connectivity index (χ3v) is 3.53. The van der Waals surface area contributed by atoms with Crippen LogP contribution in [-0.2, 0) is 0 Å². The van der Waals surface area contributed by atoms with Crippen molar-refractivity contribution in [2.75, 3.05) is 0 Å². The Morgan fingerprint density at radius 1 is 1.20 bits per heavy atom. The molecule has 3 aromatic rings. The molecule has 100 valence electrons. The van der Waals surface area contributed by atoms with Crippen LogP contribution in [0.1, 0.15) is 16.2 Å². The van der Waals surface area contributed by atoms with Gasteiger partial charge in [0.15, 0.2) is 0 Å². The van der Waals surface area contributed by atoms with E-state index in [9.17, 15) is 4.79 Å². The van der Waals surface area contributed by atoms with Gasteiger partial charge in [0, 0.05) is 10.0 Å². The van der Waals surface area contributed by atoms with Crippen LogP contribution in [0.4, 0.5) is 0 Å². The first kappa shape index (κ1) is 12.9. The SMILES string of the molecule is Cc1nc(-c2ccc3cc(Br)ccc3c2)oc1C(=O)O. The third kappa shape index (κ3) is 2.20. The fraction of sp³-hybridized carbons (Fsp3) is 0.0667. The van der Waals surface area contributed by atoms with Gasteiger partial charge >= 0.3 is 5.97 Å². The minimum absolute atomic E-state index is 0.115. The lowest BCUT2D eigenvalue weighted by molar-refractivity contribution is 0.0662. The predicted molar refractivity (Wildman–Crippen MR) is 78.8 cm³/mol. The predicted octanol–water partition coefficient (Wildman–Crippen LogP) is 4.26. The van der Waals surface area contributed by atoms with Gasteiger partial charge in [-0.25, -0.2) is 9.78 Å². The van der Waals surface area contributed by atoms with E-state index in [1.807, 2.05) is 36.4 Å². The Bertz CT molecular complexity index is 823. The lowest BCUT2D eigenvalue weighted by atomic mass is 10.1. The van der Waals surface area contributed by atoms with Crippen LogP contribution in [0.3, 0.4) is 0 Å². The van der Waals surface area contributed by atoms with Crippen LogP contribution in [0.25, 0.3) is 22.2 Å². The summed E-state index contributed by atoms with van der Waals surface area (Å²) in [7, 11) is 0. The summed E-state index contributed by atoms with van der Waals surface area (Å²) in [6, 6.07) is 11.7. The molecule has 0 fully saturated rings. The van der Waals surface area contributed by atoms with Gasteiger partial charge in [0.25, 0.3) is 0 Å². The maximum absolute atomic E-state index is 11.0. The number of oxazole rings is 1. The highest BCUT2D eigenvalue weighted by atomic mass is 79.9. The molecule has 0 saturated carbocycles. The van der Waals surface area contributed by atoms with E-state index in [1.54, 1.807) is 6.92 Å². The van der Waals surface area contributed by atoms with Gasteiger partial charge in [-0.1, -0.05) is 28.1 Å². The fourth-order valence-corrected chi connectivity index (χ4v) is 2.45. The number of aryl methyl sites for hydroxylation is 1. The number of hydrogen-bond acceptors (Lipinski definition) is 3. The van der Waals surface area contributed by atoms with Crippen LogP contribution >= 0.6 is 15.9 Å². The molecule has 20 heavy (non-hydrogen) atoms. The maximum Gasteiger partial charge on any atom is 0.373 e. The van der Waals surface area contributed by atoms with Crippen molar-refractivity contribution in [1.82, 2.24) is 4.98 Å². The smallest absolute Gasteiger partial charge is 0.373 e. The summed E-state index contributed by atoms with van der Waals surface area (Å²) >= 11 is 3.43. The molecule has 0 aliphatic carbocycles. The molecule has 3 rings (SSSR count). The Morgan fingerprint density at radius 2 is 1.90 bits per heavy atom. The molecule has 1 aromatic heterocycles. The van der Waals surface area contributed by atoms with Gasteiger partial charge < -0.3 is 9.52 Å². The Kier molecular flexibility index (Phi) is 3.06. The molecule has 0 unspecified atom stereocenters. The number of aromatic carboxylic acids is 1. The molecule has 1 N–H and O–H groups in total. The van der Waals surface area contributed by atoms with E-state index in [2.05, 4.69) is 20.9 Å². The number of carbonyl (C=O) groups is 1. The van der Waals surface area contributed by atoms with Crippen molar-refractivity contribution in [1.29, 1.82) is 0 Å². The molecule has 2 aromatic carbocycles. The quantitative estimate of drug-likeness (QED) is 0.761. The molecular weight excluding hydrogens is 322 g/mol. The van der Waals surface area contributed by atoms with E-state index >= 15 is 0 Å². The van der Waals surface area contributed by atoms with Gasteiger partial charge in [0.1, 0.15) is 0 Å². The molecule has 1 heterocycles. The lowest BCUT2D eigenvalue weighted by Crippen LogP contribution is -1.95. The van der Waals surface area contributed by atoms with Crippen LogP contribution in [0.15, 0.2) is 45.3 Å². The summed E-state index contributed by atoms with van der Waals surface area (Å²) in [6.45, 7) is 1.62. The van der Waals surface area contributed by atoms with Gasteiger partial charge in [-0.3, -0.25) is 0 Å². The normalized spacial score (nSPS) is 10.9. The van der Waals surface area contributed by atoms with Gasteiger partial charge in [0.2, 0.25) is 11.7 Å². The van der Waals surface area contributed by atoms with E-state index in [4.69, 9.17) is 9.52 Å². The largest absolute Gasteiger partial charge is 0.475 e. The van der Waals surface area contributed by atoms with E-state index in [1.165, 1.54) is 0 Å². The van der Waals surface area contributed by atoms with E-state index < -0.39 is 5.97 Å². The molecule has 4 nitrogen and oxygen atoms in total. The second-order valence-electron chi connectivity index (χ2n) is 4.44. The number of rotatable bonds is 2. The second-order valence-corrected chi connectivity index (χ2v) is 5.36. The molecule has 0 aliphatic heterocycles. The third-order valence-electron chi connectivity index (χ3n) is 3.04. The molecule has 0 bridgehead atoms. The monoisotopic (exact) mass is 331 g/mol. The minimum atomic E-state index is -1.11. The fourth-order valence-electron chi connectivity index (χ4n) is 2.07. The number of fused-ring (bicyclic) bond motifs is 1. The number of carboxylic acids is 1. The Balaban J connectivity index is 2.12.